The van der Waals surface area contributed by atoms with Gasteiger partial charge in [-0.2, -0.15) is 0 Å². The van der Waals surface area contributed by atoms with Crippen LogP contribution in [-0.2, 0) is 25.5 Å². The van der Waals surface area contributed by atoms with Gasteiger partial charge < -0.3 is 35.6 Å². The average Bonchev–Trinajstić information content (AvgIpc) is 3.34. The first kappa shape index (κ1) is 26.8. The molecule has 1 amide bonds. The maximum absolute atomic E-state index is 13.0. The summed E-state index contributed by atoms with van der Waals surface area (Å²) in [6.45, 7) is -0.197. The van der Waals surface area contributed by atoms with Gasteiger partial charge in [-0.05, 0) is 55.3 Å². The van der Waals surface area contributed by atoms with E-state index in [1.54, 1.807) is 24.3 Å². The lowest BCUT2D eigenvalue weighted by Gasteiger charge is -2.24. The molecule has 0 radical (unpaired) electrons. The van der Waals surface area contributed by atoms with E-state index in [1.165, 1.54) is 33.5 Å². The largest absolute Gasteiger partial charge is 0.482 e. The smallest absolute Gasteiger partial charge is 0.343 e. The summed E-state index contributed by atoms with van der Waals surface area (Å²) in [4.78, 5) is 40.1. The van der Waals surface area contributed by atoms with Crippen molar-refractivity contribution < 1.29 is 28.6 Å². The standard InChI is InChI=1S/C28H34N4O6/c1-36-26(33)16-38-21-9-11-23-18(13-21)12-20(31-23)15-25(28(35)37-2)32-27(34)17-8-10-24(22(29)14-17)30-19-6-4-3-5-7-19/h8-14,19,25,30-31H,3-7,15-16,29H2,1-2H3,(H,32,34)/t25-/m1/s1. The highest BCUT2D eigenvalue weighted by Crippen LogP contribution is 2.26. The molecule has 0 bridgehead atoms. The summed E-state index contributed by atoms with van der Waals surface area (Å²) in [5, 5.41) is 7.08. The molecule has 1 atom stereocenters. The minimum absolute atomic E-state index is 0.183. The number of esters is 2. The van der Waals surface area contributed by atoms with Gasteiger partial charge in [-0.15, -0.1) is 0 Å². The number of carbonyl (C=O) groups is 3. The number of carbonyl (C=O) groups excluding carboxylic acids is 3. The van der Waals surface area contributed by atoms with Gasteiger partial charge >= 0.3 is 11.9 Å². The zero-order chi connectivity index (χ0) is 27.1. The molecule has 0 unspecified atom stereocenters. The van der Waals surface area contributed by atoms with Crippen molar-refractivity contribution in [2.75, 3.05) is 31.9 Å². The molecule has 1 saturated carbocycles. The second kappa shape index (κ2) is 12.4. The molecule has 1 aliphatic rings. The van der Waals surface area contributed by atoms with Gasteiger partial charge in [-0.25, -0.2) is 9.59 Å². The summed E-state index contributed by atoms with van der Waals surface area (Å²) in [6, 6.07) is 11.8. The maximum Gasteiger partial charge on any atom is 0.343 e. The van der Waals surface area contributed by atoms with Gasteiger partial charge in [0.25, 0.3) is 5.91 Å². The number of fused-ring (bicyclic) bond motifs is 1. The van der Waals surface area contributed by atoms with Crippen LogP contribution in [0.15, 0.2) is 42.5 Å². The SMILES string of the molecule is COC(=O)COc1ccc2[nH]c(C[C@@H](NC(=O)c3ccc(NC4CCCCC4)c(N)c3)C(=O)OC)cc2c1. The Hall–Kier alpha value is -4.21. The predicted octanol–water partition coefficient (Wildman–Crippen LogP) is 3.56. The minimum Gasteiger partial charge on any atom is -0.482 e. The van der Waals surface area contributed by atoms with E-state index in [9.17, 15) is 14.4 Å². The molecule has 3 aromatic rings. The third kappa shape index (κ3) is 6.76. The van der Waals surface area contributed by atoms with E-state index in [4.69, 9.17) is 15.2 Å². The zero-order valence-electron chi connectivity index (χ0n) is 21.7. The van der Waals surface area contributed by atoms with Crippen LogP contribution in [-0.4, -0.2) is 55.7 Å². The van der Waals surface area contributed by atoms with Crippen molar-refractivity contribution in [2.24, 2.45) is 0 Å². The quantitative estimate of drug-likeness (QED) is 0.234. The van der Waals surface area contributed by atoms with E-state index in [1.807, 2.05) is 18.2 Å². The van der Waals surface area contributed by atoms with Crippen molar-refractivity contribution in [3.8, 4) is 5.75 Å². The number of benzene rings is 2. The number of amides is 1. The van der Waals surface area contributed by atoms with Crippen LogP contribution in [0.5, 0.6) is 5.75 Å². The van der Waals surface area contributed by atoms with Crippen LogP contribution < -0.4 is 21.1 Å². The van der Waals surface area contributed by atoms with E-state index < -0.39 is 23.9 Å². The minimum atomic E-state index is -0.920. The van der Waals surface area contributed by atoms with Crippen LogP contribution in [0.4, 0.5) is 11.4 Å². The summed E-state index contributed by atoms with van der Waals surface area (Å²) in [6.07, 6.45) is 6.07. The molecule has 38 heavy (non-hydrogen) atoms. The normalized spacial score (nSPS) is 14.5. The monoisotopic (exact) mass is 522 g/mol. The molecule has 5 N–H and O–H groups in total. The van der Waals surface area contributed by atoms with Gasteiger partial charge in [0.2, 0.25) is 0 Å². The highest BCUT2D eigenvalue weighted by atomic mass is 16.6. The summed E-state index contributed by atoms with van der Waals surface area (Å²) >= 11 is 0. The number of hydrogen-bond acceptors (Lipinski definition) is 8. The number of anilines is 2. The lowest BCUT2D eigenvalue weighted by molar-refractivity contribution is -0.143. The van der Waals surface area contributed by atoms with Crippen molar-refractivity contribution in [3.05, 3.63) is 53.7 Å². The predicted molar refractivity (Wildman–Crippen MR) is 144 cm³/mol. The lowest BCUT2D eigenvalue weighted by Crippen LogP contribution is -2.43. The second-order valence-electron chi connectivity index (χ2n) is 9.44. The van der Waals surface area contributed by atoms with Gasteiger partial charge in [0, 0.05) is 34.6 Å². The lowest BCUT2D eigenvalue weighted by atomic mass is 9.95. The Morgan fingerprint density at radius 1 is 1.03 bits per heavy atom. The van der Waals surface area contributed by atoms with Gasteiger partial charge in [-0.3, -0.25) is 4.79 Å². The van der Waals surface area contributed by atoms with Gasteiger partial charge in [0.05, 0.1) is 25.6 Å². The van der Waals surface area contributed by atoms with Crippen molar-refractivity contribution >= 4 is 40.1 Å². The fraction of sp³-hybridized carbons (Fsp3) is 0.393. The number of aromatic nitrogens is 1. The highest BCUT2D eigenvalue weighted by Gasteiger charge is 2.24. The molecule has 202 valence electrons. The van der Waals surface area contributed by atoms with E-state index in [2.05, 4.69) is 20.4 Å². The fourth-order valence-electron chi connectivity index (χ4n) is 4.67. The number of hydrogen-bond donors (Lipinski definition) is 4. The zero-order valence-corrected chi connectivity index (χ0v) is 21.7. The summed E-state index contributed by atoms with van der Waals surface area (Å²) < 4.78 is 15.0. The highest BCUT2D eigenvalue weighted by molar-refractivity contribution is 5.98. The third-order valence-electron chi connectivity index (χ3n) is 6.73. The molecule has 4 rings (SSSR count). The van der Waals surface area contributed by atoms with Crippen LogP contribution >= 0.6 is 0 Å². The Bertz CT molecular complexity index is 1300. The number of methoxy groups -OCH3 is 2. The molecular weight excluding hydrogens is 488 g/mol. The number of ether oxygens (including phenoxy) is 3. The van der Waals surface area contributed by atoms with E-state index in [0.717, 1.165) is 29.4 Å². The van der Waals surface area contributed by atoms with E-state index in [0.29, 0.717) is 28.7 Å². The number of aromatic amines is 1. The van der Waals surface area contributed by atoms with Crippen molar-refractivity contribution in [2.45, 2.75) is 50.6 Å². The summed E-state index contributed by atoms with van der Waals surface area (Å²) in [5.74, 6) is -0.965. The summed E-state index contributed by atoms with van der Waals surface area (Å²) in [7, 11) is 2.57. The number of nitrogens with two attached hydrogens (primary N) is 1. The second-order valence-corrected chi connectivity index (χ2v) is 9.44. The molecule has 0 aliphatic heterocycles. The molecule has 0 saturated heterocycles. The Morgan fingerprint density at radius 3 is 2.53 bits per heavy atom. The molecule has 1 aliphatic carbocycles. The van der Waals surface area contributed by atoms with Crippen LogP contribution in [0, 0.1) is 0 Å². The number of rotatable bonds is 10. The van der Waals surface area contributed by atoms with Crippen LogP contribution in [0.25, 0.3) is 10.9 Å². The van der Waals surface area contributed by atoms with Gasteiger partial charge in [-0.1, -0.05) is 19.3 Å². The Labute approximate surface area is 221 Å². The molecule has 10 heteroatoms. The molecule has 0 spiro atoms. The van der Waals surface area contributed by atoms with Gasteiger partial charge in [0.15, 0.2) is 6.61 Å². The van der Waals surface area contributed by atoms with Crippen LogP contribution in [0.1, 0.15) is 48.2 Å². The third-order valence-corrected chi connectivity index (χ3v) is 6.73. The molecule has 1 heterocycles. The van der Waals surface area contributed by atoms with Crippen molar-refractivity contribution in [1.29, 1.82) is 0 Å². The Morgan fingerprint density at radius 2 is 1.82 bits per heavy atom. The summed E-state index contributed by atoms with van der Waals surface area (Å²) in [5.41, 5.74) is 9.42. The average molecular weight is 523 g/mol. The number of H-pyrrole nitrogens is 1. The molecular formula is C28H34N4O6. The van der Waals surface area contributed by atoms with Crippen LogP contribution in [0.3, 0.4) is 0 Å². The Balaban J connectivity index is 1.43. The number of nitrogen functional groups attached to an aromatic ring is 1. The van der Waals surface area contributed by atoms with E-state index in [-0.39, 0.29) is 13.0 Å². The first-order valence-corrected chi connectivity index (χ1v) is 12.7. The van der Waals surface area contributed by atoms with Crippen molar-refractivity contribution in [1.82, 2.24) is 10.3 Å². The van der Waals surface area contributed by atoms with E-state index >= 15 is 0 Å². The molecule has 10 nitrogen and oxygen atoms in total. The topological polar surface area (TPSA) is 145 Å². The molecule has 1 fully saturated rings. The van der Waals surface area contributed by atoms with Gasteiger partial charge in [0.1, 0.15) is 11.8 Å². The number of nitrogens with one attached hydrogen (secondary N) is 3. The maximum atomic E-state index is 13.0. The van der Waals surface area contributed by atoms with Crippen molar-refractivity contribution in [3.63, 3.8) is 0 Å². The Kier molecular flexibility index (Phi) is 8.73. The first-order valence-electron chi connectivity index (χ1n) is 12.7. The molecule has 2 aromatic carbocycles. The first-order chi connectivity index (χ1) is 18.4. The fourth-order valence-corrected chi connectivity index (χ4v) is 4.67. The van der Waals surface area contributed by atoms with Crippen LogP contribution in [0.2, 0.25) is 0 Å². The molecule has 1 aromatic heterocycles.